The van der Waals surface area contributed by atoms with Crippen LogP contribution in [0.1, 0.15) is 11.1 Å². The molecule has 0 unspecified atom stereocenters. The zero-order valence-electron chi connectivity index (χ0n) is 6.67. The van der Waals surface area contributed by atoms with Gasteiger partial charge in [-0.3, -0.25) is 4.98 Å². The minimum atomic E-state index is -4.84. The molecule has 5 heteroatoms. The molecule has 0 saturated heterocycles. The van der Waals surface area contributed by atoms with Crippen LogP contribution in [0.4, 0.5) is 12.9 Å². The van der Waals surface area contributed by atoms with Crippen LogP contribution in [0, 0.1) is 12.3 Å². The lowest BCUT2D eigenvalue weighted by Gasteiger charge is -2.13. The van der Waals surface area contributed by atoms with Crippen LogP contribution in [0.15, 0.2) is 18.5 Å². The minimum absolute atomic E-state index is 0.0671. The van der Waals surface area contributed by atoms with E-state index in [1.807, 2.05) is 0 Å². The number of aromatic nitrogens is 1. The van der Waals surface area contributed by atoms with Crippen LogP contribution >= 0.6 is 0 Å². The Morgan fingerprint density at radius 1 is 1.46 bits per heavy atom. The Hall–Kier alpha value is -1.44. The molecule has 13 heavy (non-hydrogen) atoms. The van der Waals surface area contributed by atoms with Crippen molar-refractivity contribution < 1.29 is 12.9 Å². The number of pyridine rings is 1. The van der Waals surface area contributed by atoms with E-state index in [2.05, 4.69) is 10.9 Å². The number of terminal acetylenes is 1. The van der Waals surface area contributed by atoms with Crippen molar-refractivity contribution in [3.8, 4) is 12.3 Å². The summed E-state index contributed by atoms with van der Waals surface area (Å²) >= 11 is 0. The molecule has 0 aliphatic carbocycles. The number of rotatable bonds is 2. The highest BCUT2D eigenvalue weighted by Crippen LogP contribution is 2.17. The summed E-state index contributed by atoms with van der Waals surface area (Å²) in [5, 5.41) is 0. The normalized spacial score (nSPS) is 10.9. The standard InChI is InChI=1S/C8H6BF3N/c1-2-7-3-4-13-6-8(7)5-9(10,11)12/h1,3-4,6H,5H2/q-1. The first kappa shape index (κ1) is 9.65. The largest absolute Gasteiger partial charge is 0.482 e. The van der Waals surface area contributed by atoms with E-state index in [9.17, 15) is 12.9 Å². The van der Waals surface area contributed by atoms with Crippen LogP contribution in [0.5, 0.6) is 0 Å². The van der Waals surface area contributed by atoms with Gasteiger partial charge >= 0.3 is 6.98 Å². The Morgan fingerprint density at radius 2 is 2.15 bits per heavy atom. The molecule has 1 heterocycles. The molecule has 0 radical (unpaired) electrons. The molecular formula is C8H6BF3N-. The second kappa shape index (κ2) is 3.52. The van der Waals surface area contributed by atoms with E-state index in [0.717, 1.165) is 6.20 Å². The lowest BCUT2D eigenvalue weighted by atomic mass is 9.81. The van der Waals surface area contributed by atoms with Crippen molar-refractivity contribution in [2.75, 3.05) is 0 Å². The smallest absolute Gasteiger partial charge is 0.449 e. The lowest BCUT2D eigenvalue weighted by molar-refractivity contribution is 0.468. The molecule has 0 saturated carbocycles. The van der Waals surface area contributed by atoms with E-state index in [-0.39, 0.29) is 11.1 Å². The number of halogens is 3. The third-order valence-electron chi connectivity index (χ3n) is 1.51. The molecule has 0 aromatic carbocycles. The number of hydrogen-bond donors (Lipinski definition) is 0. The summed E-state index contributed by atoms with van der Waals surface area (Å²) in [4.78, 5) is 3.59. The molecule has 0 atom stereocenters. The van der Waals surface area contributed by atoms with Gasteiger partial charge in [0.1, 0.15) is 0 Å². The summed E-state index contributed by atoms with van der Waals surface area (Å²) < 4.78 is 36.1. The number of nitrogens with zero attached hydrogens (tertiary/aromatic N) is 1. The van der Waals surface area contributed by atoms with Crippen LogP contribution in [0.3, 0.4) is 0 Å². The van der Waals surface area contributed by atoms with E-state index in [0.29, 0.717) is 0 Å². The Labute approximate surface area is 74.0 Å². The van der Waals surface area contributed by atoms with Crippen molar-refractivity contribution in [3.05, 3.63) is 29.6 Å². The fourth-order valence-electron chi connectivity index (χ4n) is 0.980. The molecular weight excluding hydrogens is 178 g/mol. The SMILES string of the molecule is C#Cc1ccncc1C[B-](F)(F)F. The lowest BCUT2D eigenvalue weighted by Crippen LogP contribution is -2.20. The fraction of sp³-hybridized carbons (Fsp3) is 0.125. The van der Waals surface area contributed by atoms with Crippen molar-refractivity contribution in [3.63, 3.8) is 0 Å². The van der Waals surface area contributed by atoms with E-state index in [1.54, 1.807) is 0 Å². The summed E-state index contributed by atoms with van der Waals surface area (Å²) in [6.07, 6.45) is 6.60. The maximum Gasteiger partial charge on any atom is 0.482 e. The predicted octanol–water partition coefficient (Wildman–Crippen LogP) is 1.99. The molecule has 0 aliphatic heterocycles. The summed E-state index contributed by atoms with van der Waals surface area (Å²) in [5.41, 5.74) is 0.326. The topological polar surface area (TPSA) is 12.9 Å². The third kappa shape index (κ3) is 2.82. The summed E-state index contributed by atoms with van der Waals surface area (Å²) in [6, 6.07) is 1.40. The van der Waals surface area contributed by atoms with Crippen molar-refractivity contribution >= 4 is 6.98 Å². The van der Waals surface area contributed by atoms with Crippen LogP contribution in [0.2, 0.25) is 0 Å². The first-order valence-electron chi connectivity index (χ1n) is 3.63. The molecule has 1 rings (SSSR count). The molecule has 68 valence electrons. The van der Waals surface area contributed by atoms with Gasteiger partial charge in [0, 0.05) is 18.0 Å². The van der Waals surface area contributed by atoms with Crippen molar-refractivity contribution in [2.45, 2.75) is 6.32 Å². The monoisotopic (exact) mass is 184 g/mol. The van der Waals surface area contributed by atoms with Gasteiger partial charge in [-0.25, -0.2) is 0 Å². The second-order valence-corrected chi connectivity index (χ2v) is 2.59. The quantitative estimate of drug-likeness (QED) is 0.505. The Kier molecular flexibility index (Phi) is 2.62. The van der Waals surface area contributed by atoms with Crippen molar-refractivity contribution in [2.24, 2.45) is 0 Å². The van der Waals surface area contributed by atoms with Gasteiger partial charge in [-0.1, -0.05) is 12.2 Å². The zero-order valence-corrected chi connectivity index (χ0v) is 6.67. The van der Waals surface area contributed by atoms with E-state index in [4.69, 9.17) is 6.42 Å². The molecule has 1 nitrogen and oxygen atoms in total. The Balaban J connectivity index is 2.96. The summed E-state index contributed by atoms with van der Waals surface area (Å²) in [7, 11) is 0. The fourth-order valence-corrected chi connectivity index (χ4v) is 0.980. The first-order valence-corrected chi connectivity index (χ1v) is 3.63. The summed E-state index contributed by atoms with van der Waals surface area (Å²) in [6.45, 7) is -4.84. The van der Waals surface area contributed by atoms with Gasteiger partial charge in [-0.2, -0.15) is 0 Å². The Morgan fingerprint density at radius 3 is 2.69 bits per heavy atom. The molecule has 0 spiro atoms. The van der Waals surface area contributed by atoms with Gasteiger partial charge in [0.15, 0.2) is 0 Å². The highest BCUT2D eigenvalue weighted by atomic mass is 19.4. The van der Waals surface area contributed by atoms with Gasteiger partial charge in [-0.05, 0) is 11.6 Å². The van der Waals surface area contributed by atoms with Crippen LogP contribution in [0.25, 0.3) is 0 Å². The molecule has 0 bridgehead atoms. The molecule has 1 aromatic rings. The van der Waals surface area contributed by atoms with E-state index < -0.39 is 13.3 Å². The maximum absolute atomic E-state index is 12.0. The molecule has 1 aromatic heterocycles. The van der Waals surface area contributed by atoms with Crippen LogP contribution < -0.4 is 0 Å². The molecule has 0 amide bonds. The zero-order chi connectivity index (χ0) is 9.90. The van der Waals surface area contributed by atoms with Gasteiger partial charge in [0.2, 0.25) is 0 Å². The van der Waals surface area contributed by atoms with Crippen molar-refractivity contribution in [1.29, 1.82) is 0 Å². The van der Waals surface area contributed by atoms with Gasteiger partial charge in [-0.15, -0.1) is 6.42 Å². The van der Waals surface area contributed by atoms with Crippen LogP contribution in [-0.4, -0.2) is 12.0 Å². The average molecular weight is 184 g/mol. The van der Waals surface area contributed by atoms with Crippen molar-refractivity contribution in [1.82, 2.24) is 4.98 Å². The van der Waals surface area contributed by atoms with Gasteiger partial charge in [0.05, 0.1) is 0 Å². The molecule has 0 aliphatic rings. The van der Waals surface area contributed by atoms with Gasteiger partial charge in [0.25, 0.3) is 0 Å². The van der Waals surface area contributed by atoms with Gasteiger partial charge < -0.3 is 12.9 Å². The summed E-state index contributed by atoms with van der Waals surface area (Å²) in [5.74, 6) is 2.19. The highest BCUT2D eigenvalue weighted by molar-refractivity contribution is 6.57. The second-order valence-electron chi connectivity index (χ2n) is 2.59. The van der Waals surface area contributed by atoms with Crippen LogP contribution in [-0.2, 0) is 6.32 Å². The third-order valence-corrected chi connectivity index (χ3v) is 1.51. The van der Waals surface area contributed by atoms with E-state index >= 15 is 0 Å². The predicted molar refractivity (Wildman–Crippen MR) is 45.0 cm³/mol. The minimum Gasteiger partial charge on any atom is -0.449 e. The highest BCUT2D eigenvalue weighted by Gasteiger charge is 2.24. The first-order chi connectivity index (χ1) is 6.03. The number of hydrogen-bond acceptors (Lipinski definition) is 1. The molecule has 0 N–H and O–H groups in total. The average Bonchev–Trinajstić information content (AvgIpc) is 2.02. The maximum atomic E-state index is 12.0. The van der Waals surface area contributed by atoms with E-state index in [1.165, 1.54) is 12.3 Å². The Bertz CT molecular complexity index is 340. The molecule has 0 fully saturated rings.